The molecule has 0 unspecified atom stereocenters. The van der Waals surface area contributed by atoms with Crippen LogP contribution in [0.3, 0.4) is 0 Å². The minimum Gasteiger partial charge on any atom is -0.342 e. The first-order valence-electron chi connectivity index (χ1n) is 7.44. The lowest BCUT2D eigenvalue weighted by Crippen LogP contribution is -2.45. The Hall–Kier alpha value is -0.490. The third-order valence-corrected chi connectivity index (χ3v) is 4.13. The van der Waals surface area contributed by atoms with Gasteiger partial charge < -0.3 is 10.2 Å². The van der Waals surface area contributed by atoms with Crippen LogP contribution in [0.15, 0.2) is 0 Å². The van der Waals surface area contributed by atoms with Crippen molar-refractivity contribution < 1.29 is 18.0 Å². The lowest BCUT2D eigenvalue weighted by Gasteiger charge is -2.32. The maximum Gasteiger partial charge on any atom is 0.390 e. The minimum atomic E-state index is -4.19. The van der Waals surface area contributed by atoms with Crippen LogP contribution in [0, 0.1) is 11.8 Å². The number of alkyl halides is 3. The summed E-state index contributed by atoms with van der Waals surface area (Å²) in [5, 5.41) is 3.26. The zero-order valence-electron chi connectivity index (χ0n) is 12.3. The van der Waals surface area contributed by atoms with Crippen LogP contribution in [0.1, 0.15) is 39.0 Å². The molecule has 0 aromatic rings. The maximum absolute atomic E-state index is 12.5. The van der Waals surface area contributed by atoms with Gasteiger partial charge in [-0.2, -0.15) is 13.2 Å². The first kappa shape index (κ1) is 18.6. The molecule has 0 spiro atoms. The van der Waals surface area contributed by atoms with Gasteiger partial charge in [0.1, 0.15) is 0 Å². The molecule has 0 bridgehead atoms. The highest BCUT2D eigenvalue weighted by Gasteiger charge is 2.35. The Labute approximate surface area is 130 Å². The predicted octanol–water partition coefficient (Wildman–Crippen LogP) is 2.99. The van der Waals surface area contributed by atoms with Crippen molar-refractivity contribution in [1.29, 1.82) is 0 Å². The van der Waals surface area contributed by atoms with E-state index in [1.54, 1.807) is 0 Å². The van der Waals surface area contributed by atoms with Gasteiger partial charge in [0.2, 0.25) is 5.91 Å². The van der Waals surface area contributed by atoms with E-state index in [0.29, 0.717) is 12.5 Å². The Bertz CT molecular complexity index is 348. The van der Waals surface area contributed by atoms with Gasteiger partial charge in [0.15, 0.2) is 0 Å². The number of nitrogens with zero attached hydrogens (tertiary/aromatic N) is 1. The SMILES string of the molecule is C[C@H]1C[C@@H](C(=O)N(CCC(F)(F)F)CC2CC2)CCN1.Cl. The molecule has 2 fully saturated rings. The third kappa shape index (κ3) is 6.43. The molecule has 1 N–H and O–H groups in total. The van der Waals surface area contributed by atoms with Crippen LogP contribution < -0.4 is 5.32 Å². The molecule has 0 aromatic carbocycles. The fourth-order valence-electron chi connectivity index (χ4n) is 2.78. The summed E-state index contributed by atoms with van der Waals surface area (Å²) >= 11 is 0. The normalized spacial score (nSPS) is 26.1. The second-order valence-corrected chi connectivity index (χ2v) is 6.17. The minimum absolute atomic E-state index is 0. The van der Waals surface area contributed by atoms with Crippen molar-refractivity contribution in [3.63, 3.8) is 0 Å². The van der Waals surface area contributed by atoms with Crippen molar-refractivity contribution in [2.45, 2.75) is 51.2 Å². The molecule has 1 heterocycles. The van der Waals surface area contributed by atoms with Crippen LogP contribution in [0.25, 0.3) is 0 Å². The molecular formula is C14H24ClF3N2O. The van der Waals surface area contributed by atoms with Gasteiger partial charge in [-0.15, -0.1) is 12.4 Å². The van der Waals surface area contributed by atoms with Gasteiger partial charge in [-0.1, -0.05) is 0 Å². The zero-order valence-corrected chi connectivity index (χ0v) is 13.1. The van der Waals surface area contributed by atoms with E-state index in [1.165, 1.54) is 4.90 Å². The van der Waals surface area contributed by atoms with Crippen molar-refractivity contribution in [2.75, 3.05) is 19.6 Å². The van der Waals surface area contributed by atoms with E-state index in [1.807, 2.05) is 6.92 Å². The van der Waals surface area contributed by atoms with E-state index in [4.69, 9.17) is 0 Å². The number of piperidine rings is 1. The predicted molar refractivity (Wildman–Crippen MR) is 77.4 cm³/mol. The highest BCUT2D eigenvalue weighted by molar-refractivity contribution is 5.85. The smallest absolute Gasteiger partial charge is 0.342 e. The Morgan fingerprint density at radius 2 is 1.95 bits per heavy atom. The fourth-order valence-corrected chi connectivity index (χ4v) is 2.78. The number of amides is 1. The van der Waals surface area contributed by atoms with Gasteiger partial charge in [0, 0.05) is 25.0 Å². The van der Waals surface area contributed by atoms with Gasteiger partial charge in [0.05, 0.1) is 6.42 Å². The average Bonchev–Trinajstić information content (AvgIpc) is 3.16. The van der Waals surface area contributed by atoms with Crippen LogP contribution in [0.5, 0.6) is 0 Å². The molecule has 1 amide bonds. The van der Waals surface area contributed by atoms with Gasteiger partial charge in [-0.05, 0) is 45.1 Å². The van der Waals surface area contributed by atoms with Crippen molar-refractivity contribution in [1.82, 2.24) is 10.2 Å². The lowest BCUT2D eigenvalue weighted by atomic mass is 9.92. The molecule has 2 rings (SSSR count). The van der Waals surface area contributed by atoms with Crippen LogP contribution >= 0.6 is 12.4 Å². The van der Waals surface area contributed by atoms with E-state index in [9.17, 15) is 18.0 Å². The summed E-state index contributed by atoms with van der Waals surface area (Å²) in [6.07, 6.45) is -1.55. The summed E-state index contributed by atoms with van der Waals surface area (Å²) in [5.74, 6) is 0.235. The van der Waals surface area contributed by atoms with Crippen LogP contribution in [0.4, 0.5) is 13.2 Å². The summed E-state index contributed by atoms with van der Waals surface area (Å²) in [6.45, 7) is 3.11. The molecule has 21 heavy (non-hydrogen) atoms. The molecule has 124 valence electrons. The molecule has 7 heteroatoms. The van der Waals surface area contributed by atoms with Gasteiger partial charge in [-0.25, -0.2) is 0 Å². The number of hydrogen-bond acceptors (Lipinski definition) is 2. The van der Waals surface area contributed by atoms with Gasteiger partial charge >= 0.3 is 6.18 Å². The van der Waals surface area contributed by atoms with Crippen molar-refractivity contribution >= 4 is 18.3 Å². The molecule has 3 nitrogen and oxygen atoms in total. The molecule has 1 aliphatic carbocycles. The Morgan fingerprint density at radius 3 is 2.48 bits per heavy atom. The van der Waals surface area contributed by atoms with Crippen molar-refractivity contribution in [2.24, 2.45) is 11.8 Å². The Kier molecular flexibility index (Phi) is 6.78. The largest absolute Gasteiger partial charge is 0.390 e. The van der Waals surface area contributed by atoms with Gasteiger partial charge in [-0.3, -0.25) is 4.79 Å². The van der Waals surface area contributed by atoms with Crippen LogP contribution in [0.2, 0.25) is 0 Å². The van der Waals surface area contributed by atoms with E-state index in [0.717, 1.165) is 32.2 Å². The average molecular weight is 329 g/mol. The van der Waals surface area contributed by atoms with Crippen LogP contribution in [-0.4, -0.2) is 42.7 Å². The molecule has 2 aliphatic rings. The Balaban J connectivity index is 0.00000220. The molecule has 1 saturated heterocycles. The summed E-state index contributed by atoms with van der Waals surface area (Å²) in [5.41, 5.74) is 0. The molecular weight excluding hydrogens is 305 g/mol. The van der Waals surface area contributed by atoms with E-state index in [2.05, 4.69) is 5.32 Å². The molecule has 1 aliphatic heterocycles. The second-order valence-electron chi connectivity index (χ2n) is 6.17. The van der Waals surface area contributed by atoms with Crippen LogP contribution in [-0.2, 0) is 4.79 Å². The first-order chi connectivity index (χ1) is 9.35. The Morgan fingerprint density at radius 1 is 1.29 bits per heavy atom. The molecule has 2 atom stereocenters. The fraction of sp³-hybridized carbons (Fsp3) is 0.929. The zero-order chi connectivity index (χ0) is 14.8. The summed E-state index contributed by atoms with van der Waals surface area (Å²) in [4.78, 5) is 13.9. The van der Waals surface area contributed by atoms with E-state index < -0.39 is 12.6 Å². The molecule has 0 radical (unpaired) electrons. The highest BCUT2D eigenvalue weighted by atomic mass is 35.5. The topological polar surface area (TPSA) is 32.3 Å². The lowest BCUT2D eigenvalue weighted by molar-refractivity contribution is -0.148. The standard InChI is InChI=1S/C14H23F3N2O.ClH/c1-10-8-12(4-6-18-10)13(20)19(9-11-2-3-11)7-5-14(15,16)17;/h10-12,18H,2-9H2,1H3;1H/t10-,12-;/m0./s1. The summed E-state index contributed by atoms with van der Waals surface area (Å²) in [6, 6.07) is 0.267. The maximum atomic E-state index is 12.5. The first-order valence-corrected chi connectivity index (χ1v) is 7.44. The number of carbonyl (C=O) groups excluding carboxylic acids is 1. The third-order valence-electron chi connectivity index (χ3n) is 4.13. The number of nitrogens with one attached hydrogen (secondary N) is 1. The number of rotatable bonds is 5. The number of halogens is 4. The van der Waals surface area contributed by atoms with E-state index in [-0.39, 0.29) is 36.8 Å². The van der Waals surface area contributed by atoms with Gasteiger partial charge in [0.25, 0.3) is 0 Å². The monoisotopic (exact) mass is 328 g/mol. The van der Waals surface area contributed by atoms with Crippen molar-refractivity contribution in [3.8, 4) is 0 Å². The molecule has 1 saturated carbocycles. The quantitative estimate of drug-likeness (QED) is 0.841. The molecule has 0 aromatic heterocycles. The number of hydrogen-bond donors (Lipinski definition) is 1. The summed E-state index contributed by atoms with van der Waals surface area (Å²) < 4.78 is 37.2. The van der Waals surface area contributed by atoms with Crippen molar-refractivity contribution in [3.05, 3.63) is 0 Å². The summed E-state index contributed by atoms with van der Waals surface area (Å²) in [7, 11) is 0. The van der Waals surface area contributed by atoms with E-state index >= 15 is 0 Å². The highest BCUT2D eigenvalue weighted by Crippen LogP contribution is 2.31. The second kappa shape index (κ2) is 7.68. The number of carbonyl (C=O) groups is 1.